The Morgan fingerprint density at radius 3 is 2.50 bits per heavy atom. The maximum Gasteiger partial charge on any atom is 0.325 e. The fourth-order valence-electron chi connectivity index (χ4n) is 3.02. The van der Waals surface area contributed by atoms with E-state index in [2.05, 4.69) is 13.2 Å². The van der Waals surface area contributed by atoms with Gasteiger partial charge in [-0.2, -0.15) is 0 Å². The first kappa shape index (κ1) is 17.8. The first-order chi connectivity index (χ1) is 12.6. The van der Waals surface area contributed by atoms with Crippen LogP contribution < -0.4 is 14.4 Å². The van der Waals surface area contributed by atoms with Gasteiger partial charge in [0.15, 0.2) is 11.5 Å². The van der Waals surface area contributed by atoms with Crippen molar-refractivity contribution >= 4 is 17.6 Å². The molecule has 1 fully saturated rings. The quantitative estimate of drug-likeness (QED) is 0.700. The van der Waals surface area contributed by atoms with Crippen molar-refractivity contribution in [3.05, 3.63) is 43.5 Å². The molecular formula is C19H23N3O4. The van der Waals surface area contributed by atoms with Gasteiger partial charge in [-0.25, -0.2) is 4.79 Å². The van der Waals surface area contributed by atoms with Crippen molar-refractivity contribution < 1.29 is 19.1 Å². The number of anilines is 1. The van der Waals surface area contributed by atoms with Gasteiger partial charge in [-0.15, -0.1) is 13.2 Å². The van der Waals surface area contributed by atoms with Gasteiger partial charge < -0.3 is 19.3 Å². The van der Waals surface area contributed by atoms with Gasteiger partial charge in [0.25, 0.3) is 0 Å². The Morgan fingerprint density at radius 2 is 1.81 bits per heavy atom. The molecule has 1 saturated heterocycles. The summed E-state index contributed by atoms with van der Waals surface area (Å²) in [5.41, 5.74) is 0.739. The van der Waals surface area contributed by atoms with Crippen molar-refractivity contribution in [3.8, 4) is 11.5 Å². The van der Waals surface area contributed by atoms with Crippen molar-refractivity contribution in [2.24, 2.45) is 0 Å². The molecule has 26 heavy (non-hydrogen) atoms. The zero-order valence-electron chi connectivity index (χ0n) is 14.7. The van der Waals surface area contributed by atoms with Crippen LogP contribution >= 0.6 is 0 Å². The Kier molecular flexibility index (Phi) is 5.46. The Bertz CT molecular complexity index is 709. The van der Waals surface area contributed by atoms with E-state index in [0.29, 0.717) is 50.9 Å². The molecule has 138 valence electrons. The third-order valence-corrected chi connectivity index (χ3v) is 4.31. The molecule has 1 aromatic rings. The summed E-state index contributed by atoms with van der Waals surface area (Å²) < 4.78 is 11.1. The summed E-state index contributed by atoms with van der Waals surface area (Å²) in [5, 5.41) is 0. The van der Waals surface area contributed by atoms with E-state index in [1.54, 1.807) is 39.0 Å². The molecule has 0 aromatic heterocycles. The molecule has 0 bridgehead atoms. The van der Waals surface area contributed by atoms with Gasteiger partial charge in [-0.1, -0.05) is 12.2 Å². The average Bonchev–Trinajstić information content (AvgIpc) is 3.01. The van der Waals surface area contributed by atoms with E-state index in [9.17, 15) is 9.59 Å². The van der Waals surface area contributed by atoms with E-state index in [1.165, 1.54) is 0 Å². The Morgan fingerprint density at radius 1 is 1.12 bits per heavy atom. The van der Waals surface area contributed by atoms with Gasteiger partial charge in [-0.05, 0) is 12.1 Å². The normalized spacial score (nSPS) is 15.8. The zero-order chi connectivity index (χ0) is 18.5. The van der Waals surface area contributed by atoms with Crippen LogP contribution in [0.4, 0.5) is 10.5 Å². The summed E-state index contributed by atoms with van der Waals surface area (Å²) >= 11 is 0. The molecule has 3 rings (SSSR count). The summed E-state index contributed by atoms with van der Waals surface area (Å²) in [5.74, 6) is 1.20. The van der Waals surface area contributed by atoms with Crippen LogP contribution in [0.5, 0.6) is 11.5 Å². The van der Waals surface area contributed by atoms with E-state index in [-0.39, 0.29) is 18.5 Å². The highest BCUT2D eigenvalue weighted by Gasteiger charge is 2.32. The molecule has 0 N–H and O–H groups in total. The molecule has 0 atom stereocenters. The van der Waals surface area contributed by atoms with Crippen LogP contribution in [0.3, 0.4) is 0 Å². The van der Waals surface area contributed by atoms with Crippen LogP contribution in [0, 0.1) is 0 Å². The molecule has 2 aliphatic rings. The van der Waals surface area contributed by atoms with Gasteiger partial charge in [0.05, 0.1) is 0 Å². The number of carbonyl (C=O) groups excluding carboxylic acids is 2. The molecule has 0 aliphatic carbocycles. The van der Waals surface area contributed by atoms with Crippen LogP contribution in [0.15, 0.2) is 43.5 Å². The molecule has 0 radical (unpaired) electrons. The maximum absolute atomic E-state index is 12.7. The summed E-state index contributed by atoms with van der Waals surface area (Å²) in [7, 11) is 0. The number of urea groups is 1. The lowest BCUT2D eigenvalue weighted by Crippen LogP contribution is -2.42. The number of rotatable bonds is 7. The number of hydrogen-bond acceptors (Lipinski definition) is 4. The third kappa shape index (κ3) is 3.66. The van der Waals surface area contributed by atoms with Crippen LogP contribution in [-0.2, 0) is 4.79 Å². The van der Waals surface area contributed by atoms with E-state index >= 15 is 0 Å². The number of amides is 3. The number of fused-ring (bicyclic) bond motifs is 1. The number of hydrogen-bond donors (Lipinski definition) is 0. The van der Waals surface area contributed by atoms with Crippen molar-refractivity contribution in [2.75, 3.05) is 50.8 Å². The van der Waals surface area contributed by atoms with Crippen molar-refractivity contribution in [2.45, 2.75) is 0 Å². The van der Waals surface area contributed by atoms with Crippen molar-refractivity contribution in [1.82, 2.24) is 9.80 Å². The van der Waals surface area contributed by atoms with Crippen molar-refractivity contribution in [1.29, 1.82) is 0 Å². The highest BCUT2D eigenvalue weighted by Crippen LogP contribution is 2.34. The third-order valence-electron chi connectivity index (χ3n) is 4.31. The number of carbonyl (C=O) groups is 2. The van der Waals surface area contributed by atoms with Gasteiger partial charge in [0.1, 0.15) is 19.8 Å². The predicted octanol–water partition coefficient (Wildman–Crippen LogP) is 1.90. The highest BCUT2D eigenvalue weighted by atomic mass is 16.6. The standard InChI is InChI=1S/C19H23N3O4/c1-3-7-20(8-4-2)18(23)14-21-9-10-22(19(21)24)15-5-6-16-17(13-15)26-12-11-25-16/h3-6,13H,1-2,7-12,14H2. The second-order valence-electron chi connectivity index (χ2n) is 6.06. The minimum atomic E-state index is -0.188. The van der Waals surface area contributed by atoms with Gasteiger partial charge in [-0.3, -0.25) is 9.69 Å². The molecule has 0 spiro atoms. The lowest BCUT2D eigenvalue weighted by molar-refractivity contribution is -0.130. The molecule has 1 aromatic carbocycles. The van der Waals surface area contributed by atoms with E-state index < -0.39 is 0 Å². The summed E-state index contributed by atoms with van der Waals surface area (Å²) in [6, 6.07) is 5.26. The summed E-state index contributed by atoms with van der Waals surface area (Å²) in [4.78, 5) is 30.0. The smallest absolute Gasteiger partial charge is 0.325 e. The van der Waals surface area contributed by atoms with Crippen LogP contribution in [0.1, 0.15) is 0 Å². The minimum absolute atomic E-state index is 0.0432. The van der Waals surface area contributed by atoms with Crippen LogP contribution in [0.25, 0.3) is 0 Å². The largest absolute Gasteiger partial charge is 0.486 e. The van der Waals surface area contributed by atoms with Gasteiger partial charge in [0, 0.05) is 37.9 Å². The molecule has 7 nitrogen and oxygen atoms in total. The molecule has 3 amide bonds. The Labute approximate surface area is 153 Å². The minimum Gasteiger partial charge on any atom is -0.486 e. The van der Waals surface area contributed by atoms with Crippen LogP contribution in [-0.4, -0.2) is 67.7 Å². The Hall–Kier alpha value is -2.96. The first-order valence-electron chi connectivity index (χ1n) is 8.59. The van der Waals surface area contributed by atoms with Crippen LogP contribution in [0.2, 0.25) is 0 Å². The highest BCUT2D eigenvalue weighted by molar-refractivity contribution is 5.96. The number of ether oxygens (including phenoxy) is 2. The maximum atomic E-state index is 12.7. The fourth-order valence-corrected chi connectivity index (χ4v) is 3.02. The molecule has 0 saturated carbocycles. The van der Waals surface area contributed by atoms with Gasteiger partial charge in [0.2, 0.25) is 5.91 Å². The molecule has 2 heterocycles. The molecule has 7 heteroatoms. The second kappa shape index (κ2) is 7.95. The number of benzene rings is 1. The zero-order valence-corrected chi connectivity index (χ0v) is 14.7. The molecular weight excluding hydrogens is 334 g/mol. The number of nitrogens with zero attached hydrogens (tertiary/aromatic N) is 3. The van der Waals surface area contributed by atoms with E-state index in [0.717, 1.165) is 5.69 Å². The monoisotopic (exact) mass is 357 g/mol. The second-order valence-corrected chi connectivity index (χ2v) is 6.06. The predicted molar refractivity (Wildman–Crippen MR) is 98.7 cm³/mol. The summed E-state index contributed by atoms with van der Waals surface area (Å²) in [6.45, 7) is 10.3. The van der Waals surface area contributed by atoms with Gasteiger partial charge >= 0.3 is 6.03 Å². The first-order valence-corrected chi connectivity index (χ1v) is 8.59. The molecule has 2 aliphatic heterocycles. The summed E-state index contributed by atoms with van der Waals surface area (Å²) in [6.07, 6.45) is 3.32. The van der Waals surface area contributed by atoms with E-state index in [1.807, 2.05) is 6.07 Å². The fraction of sp³-hybridized carbons (Fsp3) is 0.368. The topological polar surface area (TPSA) is 62.3 Å². The lowest BCUT2D eigenvalue weighted by Gasteiger charge is -2.24. The van der Waals surface area contributed by atoms with E-state index in [4.69, 9.17) is 9.47 Å². The lowest BCUT2D eigenvalue weighted by atomic mass is 10.2. The average molecular weight is 357 g/mol. The van der Waals surface area contributed by atoms with Crippen molar-refractivity contribution in [3.63, 3.8) is 0 Å². The Balaban J connectivity index is 1.67. The molecule has 0 unspecified atom stereocenters. The SMILES string of the molecule is C=CCN(CC=C)C(=O)CN1CCN(c2ccc3c(c2)OCCO3)C1=O.